The SMILES string of the molecule is CC/C=C\C/C=C\C/C=C\C/C=C\CCCCCCCCCCC(=O)OC(COC(=O)CCCCCCCCC/C=C\CCCCCCCCC)COC(=O)CCCCCCCCCCCCCCCCCCCCCCCCCCC. The Labute approximate surface area is 510 Å². The quantitative estimate of drug-likeness (QED) is 0.0261. The molecular formula is C76H138O6. The molecule has 0 amide bonds. The molecule has 0 aliphatic rings. The molecule has 0 aromatic heterocycles. The van der Waals surface area contributed by atoms with Gasteiger partial charge in [-0.25, -0.2) is 0 Å². The minimum absolute atomic E-state index is 0.0748. The van der Waals surface area contributed by atoms with Gasteiger partial charge in [-0.2, -0.15) is 0 Å². The molecule has 0 saturated carbocycles. The van der Waals surface area contributed by atoms with E-state index < -0.39 is 6.10 Å². The van der Waals surface area contributed by atoms with Gasteiger partial charge in [0.15, 0.2) is 6.10 Å². The lowest BCUT2D eigenvalue weighted by Gasteiger charge is -2.18. The van der Waals surface area contributed by atoms with Crippen LogP contribution in [0.3, 0.4) is 0 Å². The minimum Gasteiger partial charge on any atom is -0.462 e. The van der Waals surface area contributed by atoms with Gasteiger partial charge in [0.05, 0.1) is 0 Å². The van der Waals surface area contributed by atoms with E-state index in [0.717, 1.165) is 89.9 Å². The number of hydrogen-bond donors (Lipinski definition) is 0. The first-order chi connectivity index (χ1) is 40.5. The van der Waals surface area contributed by atoms with Gasteiger partial charge in [0, 0.05) is 19.3 Å². The molecule has 478 valence electrons. The van der Waals surface area contributed by atoms with Crippen LogP contribution in [0, 0.1) is 0 Å². The molecule has 6 heteroatoms. The van der Waals surface area contributed by atoms with Crippen LogP contribution in [0.5, 0.6) is 0 Å². The van der Waals surface area contributed by atoms with Crippen LogP contribution in [0.2, 0.25) is 0 Å². The summed E-state index contributed by atoms with van der Waals surface area (Å²) in [6.45, 7) is 6.59. The Hall–Kier alpha value is -2.89. The summed E-state index contributed by atoms with van der Waals surface area (Å²) >= 11 is 0. The molecule has 6 nitrogen and oxygen atoms in total. The van der Waals surface area contributed by atoms with Crippen molar-refractivity contribution < 1.29 is 28.6 Å². The number of ether oxygens (including phenoxy) is 3. The van der Waals surface area contributed by atoms with E-state index in [1.165, 1.54) is 257 Å². The van der Waals surface area contributed by atoms with Crippen LogP contribution in [0.1, 0.15) is 387 Å². The van der Waals surface area contributed by atoms with E-state index in [9.17, 15) is 14.4 Å². The zero-order chi connectivity index (χ0) is 59.2. The Morgan fingerprint density at radius 1 is 0.256 bits per heavy atom. The lowest BCUT2D eigenvalue weighted by Crippen LogP contribution is -2.30. The first-order valence-corrected chi connectivity index (χ1v) is 36.3. The van der Waals surface area contributed by atoms with E-state index in [2.05, 4.69) is 81.5 Å². The summed E-state index contributed by atoms with van der Waals surface area (Å²) < 4.78 is 17.0. The highest BCUT2D eigenvalue weighted by Crippen LogP contribution is 2.18. The molecule has 0 spiro atoms. The molecule has 0 fully saturated rings. The Bertz CT molecular complexity index is 1460. The van der Waals surface area contributed by atoms with Crippen molar-refractivity contribution >= 4 is 17.9 Å². The molecule has 0 aromatic rings. The van der Waals surface area contributed by atoms with Gasteiger partial charge in [-0.05, 0) is 83.5 Å². The van der Waals surface area contributed by atoms with Crippen molar-refractivity contribution in [2.45, 2.75) is 393 Å². The molecule has 0 heterocycles. The van der Waals surface area contributed by atoms with E-state index >= 15 is 0 Å². The lowest BCUT2D eigenvalue weighted by molar-refractivity contribution is -0.167. The minimum atomic E-state index is -0.781. The van der Waals surface area contributed by atoms with Gasteiger partial charge in [-0.3, -0.25) is 14.4 Å². The molecule has 0 rings (SSSR count). The summed E-state index contributed by atoms with van der Waals surface area (Å²) in [7, 11) is 0. The summed E-state index contributed by atoms with van der Waals surface area (Å²) in [6, 6.07) is 0. The van der Waals surface area contributed by atoms with Crippen LogP contribution in [-0.4, -0.2) is 37.2 Å². The maximum atomic E-state index is 13.0. The first-order valence-electron chi connectivity index (χ1n) is 36.3. The Morgan fingerprint density at radius 2 is 0.476 bits per heavy atom. The standard InChI is InChI=1S/C76H138O6/c1-4-7-10-13-16-19-22-25-28-31-34-36-37-38-39-41-42-45-48-51-54-57-60-63-66-69-75(78)81-72-73(71-80-74(77)68-65-62-59-56-53-50-47-44-33-30-27-24-21-18-15-12-9-6-3)82-76(79)70-67-64-61-58-55-52-49-46-43-40-35-32-29-26-23-20-17-14-11-8-5-2/h8,11,17,20,26,29-30,33,35,40,73H,4-7,9-10,12-16,18-19,21-25,27-28,31-32,34,36-39,41-72H2,1-3H3/b11-8-,20-17-,29-26-,33-30-,40-35-. The maximum Gasteiger partial charge on any atom is 0.306 e. The van der Waals surface area contributed by atoms with Crippen LogP contribution >= 0.6 is 0 Å². The van der Waals surface area contributed by atoms with Gasteiger partial charge < -0.3 is 14.2 Å². The zero-order valence-corrected chi connectivity index (χ0v) is 55.0. The normalized spacial score (nSPS) is 12.4. The summed E-state index contributed by atoms with van der Waals surface area (Å²) in [6.07, 6.45) is 91.1. The molecule has 0 aliphatic heterocycles. The van der Waals surface area contributed by atoms with Crippen molar-refractivity contribution in [3.8, 4) is 0 Å². The van der Waals surface area contributed by atoms with Crippen LogP contribution in [0.25, 0.3) is 0 Å². The van der Waals surface area contributed by atoms with E-state index in [4.69, 9.17) is 14.2 Å². The number of carbonyl (C=O) groups is 3. The molecule has 0 radical (unpaired) electrons. The second-order valence-corrected chi connectivity index (χ2v) is 24.5. The number of carbonyl (C=O) groups excluding carboxylic acids is 3. The molecule has 82 heavy (non-hydrogen) atoms. The van der Waals surface area contributed by atoms with Gasteiger partial charge in [-0.1, -0.05) is 345 Å². The third-order valence-corrected chi connectivity index (χ3v) is 16.3. The average molecular weight is 1150 g/mol. The summed E-state index contributed by atoms with van der Waals surface area (Å²) in [4.78, 5) is 38.5. The molecule has 0 aliphatic carbocycles. The fraction of sp³-hybridized carbons (Fsp3) is 0.829. The highest BCUT2D eigenvalue weighted by Gasteiger charge is 2.19. The molecule has 0 saturated heterocycles. The predicted octanol–water partition coefficient (Wildman–Crippen LogP) is 25.1. The predicted molar refractivity (Wildman–Crippen MR) is 358 cm³/mol. The lowest BCUT2D eigenvalue weighted by atomic mass is 10.0. The van der Waals surface area contributed by atoms with E-state index in [0.29, 0.717) is 19.3 Å². The highest BCUT2D eigenvalue weighted by molar-refractivity contribution is 5.71. The number of unbranched alkanes of at least 4 members (excludes halogenated alkanes) is 46. The van der Waals surface area contributed by atoms with Crippen molar-refractivity contribution in [3.05, 3.63) is 60.8 Å². The molecule has 0 bridgehead atoms. The van der Waals surface area contributed by atoms with Crippen LogP contribution < -0.4 is 0 Å². The van der Waals surface area contributed by atoms with Gasteiger partial charge in [0.25, 0.3) is 0 Å². The first kappa shape index (κ1) is 79.1. The fourth-order valence-electron chi connectivity index (χ4n) is 10.8. The number of hydrogen-bond acceptors (Lipinski definition) is 6. The van der Waals surface area contributed by atoms with Crippen molar-refractivity contribution in [3.63, 3.8) is 0 Å². The second-order valence-electron chi connectivity index (χ2n) is 24.5. The summed E-state index contributed by atoms with van der Waals surface area (Å²) in [5, 5.41) is 0. The van der Waals surface area contributed by atoms with Gasteiger partial charge >= 0.3 is 17.9 Å². The topological polar surface area (TPSA) is 78.9 Å². The second kappa shape index (κ2) is 70.6. The molecule has 0 aromatic carbocycles. The zero-order valence-electron chi connectivity index (χ0n) is 55.0. The third kappa shape index (κ3) is 67.9. The Kier molecular flexibility index (Phi) is 68.1. The van der Waals surface area contributed by atoms with E-state index in [-0.39, 0.29) is 31.1 Å². The van der Waals surface area contributed by atoms with Gasteiger partial charge in [0.1, 0.15) is 13.2 Å². The fourth-order valence-corrected chi connectivity index (χ4v) is 10.8. The maximum absolute atomic E-state index is 13.0. The van der Waals surface area contributed by atoms with Crippen molar-refractivity contribution in [1.29, 1.82) is 0 Å². The molecular weight excluding hydrogens is 1010 g/mol. The van der Waals surface area contributed by atoms with Crippen LogP contribution in [-0.2, 0) is 28.6 Å². The smallest absolute Gasteiger partial charge is 0.306 e. The molecule has 1 unspecified atom stereocenters. The Balaban J connectivity index is 4.32. The van der Waals surface area contributed by atoms with Crippen molar-refractivity contribution in [2.24, 2.45) is 0 Å². The molecule has 0 N–H and O–H groups in total. The van der Waals surface area contributed by atoms with Gasteiger partial charge in [-0.15, -0.1) is 0 Å². The van der Waals surface area contributed by atoms with Crippen LogP contribution in [0.15, 0.2) is 60.8 Å². The highest BCUT2D eigenvalue weighted by atomic mass is 16.6. The average Bonchev–Trinajstić information content (AvgIpc) is 3.47. The summed E-state index contributed by atoms with van der Waals surface area (Å²) in [5.41, 5.74) is 0. The Morgan fingerprint density at radius 3 is 0.756 bits per heavy atom. The molecule has 1 atom stereocenters. The van der Waals surface area contributed by atoms with Crippen LogP contribution in [0.4, 0.5) is 0 Å². The van der Waals surface area contributed by atoms with E-state index in [1.54, 1.807) is 0 Å². The van der Waals surface area contributed by atoms with Crippen molar-refractivity contribution in [2.75, 3.05) is 13.2 Å². The third-order valence-electron chi connectivity index (χ3n) is 16.3. The number of esters is 3. The largest absolute Gasteiger partial charge is 0.462 e. The van der Waals surface area contributed by atoms with E-state index in [1.807, 2.05) is 0 Å². The number of rotatable bonds is 67. The van der Waals surface area contributed by atoms with Gasteiger partial charge in [0.2, 0.25) is 0 Å². The monoisotopic (exact) mass is 1150 g/mol. The number of allylic oxidation sites excluding steroid dienone is 10. The summed E-state index contributed by atoms with van der Waals surface area (Å²) in [5.74, 6) is -0.861. The van der Waals surface area contributed by atoms with Crippen molar-refractivity contribution in [1.82, 2.24) is 0 Å².